The number of halogens is 1. The minimum absolute atomic E-state index is 0.187. The van der Waals surface area contributed by atoms with Crippen LogP contribution in [0.4, 0.5) is 15.9 Å². The second-order valence-corrected chi connectivity index (χ2v) is 9.14. The lowest BCUT2D eigenvalue weighted by Crippen LogP contribution is -2.37. The molecule has 2 aliphatic heterocycles. The van der Waals surface area contributed by atoms with Crippen LogP contribution in [0.3, 0.4) is 0 Å². The van der Waals surface area contributed by atoms with Gasteiger partial charge in [0.25, 0.3) is 0 Å². The molecular weight excluding hydrogens is 439 g/mol. The highest BCUT2D eigenvalue weighted by Crippen LogP contribution is 2.44. The number of fused-ring (bicyclic) bond motifs is 2. The molecule has 0 radical (unpaired) electrons. The van der Waals surface area contributed by atoms with Gasteiger partial charge in [0.15, 0.2) is 12.0 Å². The van der Waals surface area contributed by atoms with E-state index < -0.39 is 23.9 Å². The summed E-state index contributed by atoms with van der Waals surface area (Å²) >= 11 is 0. The molecule has 3 atom stereocenters. The van der Waals surface area contributed by atoms with Gasteiger partial charge in [0.05, 0.1) is 11.4 Å². The second kappa shape index (κ2) is 8.35. The summed E-state index contributed by atoms with van der Waals surface area (Å²) in [6.07, 6.45) is 6.34. The normalized spacial score (nSPS) is 22.1. The molecule has 34 heavy (non-hydrogen) atoms. The molecule has 0 bridgehead atoms. The van der Waals surface area contributed by atoms with Crippen molar-refractivity contribution in [3.8, 4) is 0 Å². The Morgan fingerprint density at radius 1 is 1.29 bits per heavy atom. The SMILES string of the molecule is Cc1cn2cc(N3c4nccc([C@H]5CCN[C@@H](C)C5)c4CC3OC(=O)C(N)=O)c(F)c(C)c2n1. The number of amides is 1. The van der Waals surface area contributed by atoms with E-state index in [4.69, 9.17) is 10.5 Å². The number of hydrogen-bond acceptors (Lipinski definition) is 7. The van der Waals surface area contributed by atoms with Crippen LogP contribution in [-0.2, 0) is 20.7 Å². The first kappa shape index (κ1) is 22.3. The number of aromatic nitrogens is 3. The Morgan fingerprint density at radius 3 is 2.82 bits per heavy atom. The van der Waals surface area contributed by atoms with Gasteiger partial charge < -0.3 is 20.2 Å². The minimum Gasteiger partial charge on any atom is -0.434 e. The van der Waals surface area contributed by atoms with Gasteiger partial charge >= 0.3 is 11.9 Å². The van der Waals surface area contributed by atoms with E-state index in [1.807, 2.05) is 13.0 Å². The maximum absolute atomic E-state index is 15.7. The molecule has 3 aromatic heterocycles. The summed E-state index contributed by atoms with van der Waals surface area (Å²) in [6.45, 7) is 6.54. The van der Waals surface area contributed by atoms with Gasteiger partial charge in [-0.25, -0.2) is 19.2 Å². The van der Waals surface area contributed by atoms with Gasteiger partial charge in [0, 0.05) is 42.2 Å². The van der Waals surface area contributed by atoms with Crippen LogP contribution in [0.5, 0.6) is 0 Å². The van der Waals surface area contributed by atoms with Crippen LogP contribution in [-0.4, -0.2) is 45.1 Å². The molecule has 1 unspecified atom stereocenters. The molecule has 0 spiro atoms. The Labute approximate surface area is 196 Å². The zero-order valence-electron chi connectivity index (χ0n) is 19.3. The monoisotopic (exact) mass is 466 g/mol. The maximum atomic E-state index is 15.7. The molecule has 178 valence electrons. The second-order valence-electron chi connectivity index (χ2n) is 9.14. The van der Waals surface area contributed by atoms with E-state index >= 15 is 4.39 Å². The number of anilines is 2. The molecule has 5 rings (SSSR count). The summed E-state index contributed by atoms with van der Waals surface area (Å²) in [4.78, 5) is 34.1. The van der Waals surface area contributed by atoms with Crippen LogP contribution >= 0.6 is 0 Å². The summed E-state index contributed by atoms with van der Waals surface area (Å²) in [5.74, 6) is -2.05. The Hall–Kier alpha value is -3.53. The van der Waals surface area contributed by atoms with Crippen molar-refractivity contribution in [2.75, 3.05) is 11.4 Å². The number of pyridine rings is 2. The predicted molar refractivity (Wildman–Crippen MR) is 123 cm³/mol. The summed E-state index contributed by atoms with van der Waals surface area (Å²) in [5.41, 5.74) is 8.96. The number of nitrogens with zero attached hydrogens (tertiary/aromatic N) is 4. The van der Waals surface area contributed by atoms with Gasteiger partial charge in [-0.3, -0.25) is 9.69 Å². The molecule has 0 aromatic carbocycles. The molecule has 3 N–H and O–H groups in total. The molecule has 5 heterocycles. The lowest BCUT2D eigenvalue weighted by Gasteiger charge is -2.29. The van der Waals surface area contributed by atoms with Gasteiger partial charge in [-0.05, 0) is 57.7 Å². The Morgan fingerprint density at radius 2 is 2.09 bits per heavy atom. The number of aryl methyl sites for hydroxylation is 2. The first-order chi connectivity index (χ1) is 16.2. The zero-order chi connectivity index (χ0) is 24.1. The third kappa shape index (κ3) is 3.67. The molecule has 2 aliphatic rings. The van der Waals surface area contributed by atoms with Crippen LogP contribution in [0, 0.1) is 19.7 Å². The number of nitrogens with one attached hydrogen (secondary N) is 1. The summed E-state index contributed by atoms with van der Waals surface area (Å²) in [7, 11) is 0. The maximum Gasteiger partial charge on any atom is 0.398 e. The fourth-order valence-corrected chi connectivity index (χ4v) is 5.20. The van der Waals surface area contributed by atoms with Crippen LogP contribution in [0.25, 0.3) is 5.65 Å². The molecule has 1 fully saturated rings. The first-order valence-electron chi connectivity index (χ1n) is 11.4. The number of imidazole rings is 1. The molecule has 3 aromatic rings. The molecule has 9 nitrogen and oxygen atoms in total. The van der Waals surface area contributed by atoms with Crippen molar-refractivity contribution in [2.45, 2.75) is 58.2 Å². The van der Waals surface area contributed by atoms with Crippen molar-refractivity contribution in [1.82, 2.24) is 19.7 Å². The van der Waals surface area contributed by atoms with Crippen LogP contribution in [0.1, 0.15) is 48.1 Å². The highest BCUT2D eigenvalue weighted by molar-refractivity contribution is 6.31. The fraction of sp³-hybridized carbons (Fsp3) is 0.417. The van der Waals surface area contributed by atoms with Crippen molar-refractivity contribution >= 4 is 29.0 Å². The highest BCUT2D eigenvalue weighted by atomic mass is 19.1. The van der Waals surface area contributed by atoms with E-state index in [0.717, 1.165) is 36.2 Å². The first-order valence-corrected chi connectivity index (χ1v) is 11.4. The number of rotatable bonds is 3. The van der Waals surface area contributed by atoms with E-state index in [2.05, 4.69) is 22.2 Å². The molecular formula is C24H27FN6O3. The average Bonchev–Trinajstić information content (AvgIpc) is 3.35. The number of ether oxygens (including phenoxy) is 1. The third-order valence-electron chi connectivity index (χ3n) is 6.74. The minimum atomic E-state index is -1.20. The quantitative estimate of drug-likeness (QED) is 0.450. The largest absolute Gasteiger partial charge is 0.434 e. The van der Waals surface area contributed by atoms with Crippen LogP contribution in [0.2, 0.25) is 0 Å². The topological polar surface area (TPSA) is 115 Å². The molecule has 0 aliphatic carbocycles. The summed E-state index contributed by atoms with van der Waals surface area (Å²) in [6, 6.07) is 2.36. The van der Waals surface area contributed by atoms with Crippen LogP contribution in [0.15, 0.2) is 24.7 Å². The fourth-order valence-electron chi connectivity index (χ4n) is 5.20. The van der Waals surface area contributed by atoms with Crippen molar-refractivity contribution in [2.24, 2.45) is 5.73 Å². The van der Waals surface area contributed by atoms with E-state index in [9.17, 15) is 9.59 Å². The van der Waals surface area contributed by atoms with Crippen molar-refractivity contribution in [3.63, 3.8) is 0 Å². The third-order valence-corrected chi connectivity index (χ3v) is 6.74. The number of piperidine rings is 1. The van der Waals surface area contributed by atoms with Gasteiger partial charge in [0.1, 0.15) is 11.5 Å². The predicted octanol–water partition coefficient (Wildman–Crippen LogP) is 2.39. The number of esters is 1. The van der Waals surface area contributed by atoms with E-state index in [-0.39, 0.29) is 12.1 Å². The number of primary amides is 1. The molecule has 1 saturated heterocycles. The number of carbonyl (C=O) groups is 2. The van der Waals surface area contributed by atoms with Gasteiger partial charge in [0.2, 0.25) is 0 Å². The smallest absolute Gasteiger partial charge is 0.398 e. The molecule has 10 heteroatoms. The average molecular weight is 467 g/mol. The summed E-state index contributed by atoms with van der Waals surface area (Å²) < 4.78 is 22.9. The van der Waals surface area contributed by atoms with Crippen molar-refractivity contribution < 1.29 is 18.7 Å². The van der Waals surface area contributed by atoms with Gasteiger partial charge in [-0.1, -0.05) is 0 Å². The van der Waals surface area contributed by atoms with E-state index in [1.165, 1.54) is 0 Å². The van der Waals surface area contributed by atoms with E-state index in [0.29, 0.717) is 29.0 Å². The summed E-state index contributed by atoms with van der Waals surface area (Å²) in [5, 5.41) is 3.46. The Kier molecular flexibility index (Phi) is 5.47. The zero-order valence-corrected chi connectivity index (χ0v) is 19.3. The highest BCUT2D eigenvalue weighted by Gasteiger charge is 2.40. The molecule has 0 saturated carbocycles. The Bertz CT molecular complexity index is 1310. The number of carbonyl (C=O) groups excluding carboxylic acids is 2. The van der Waals surface area contributed by atoms with Crippen LogP contribution < -0.4 is 16.0 Å². The lowest BCUT2D eigenvalue weighted by atomic mass is 9.84. The number of hydrogen-bond donors (Lipinski definition) is 2. The van der Waals surface area contributed by atoms with Crippen molar-refractivity contribution in [3.05, 3.63) is 52.9 Å². The van der Waals surface area contributed by atoms with Gasteiger partial charge in [-0.2, -0.15) is 0 Å². The number of nitrogens with two attached hydrogens (primary N) is 1. The molecule has 1 amide bonds. The van der Waals surface area contributed by atoms with Crippen molar-refractivity contribution in [1.29, 1.82) is 0 Å². The lowest BCUT2D eigenvalue weighted by molar-refractivity contribution is -0.157. The standard InChI is InChI=1S/C24H27FN6O3/c1-12-8-15(4-6-27-12)16-5-7-28-23-17(16)9-19(34-24(33)21(26)32)31(23)18-11-30-10-13(2)29-22(30)14(3)20(18)25/h5,7,10-12,15,19,27H,4,6,8-9H2,1-3H3,(H2,26,32)/t12-,15-,19?/m0/s1. The van der Waals surface area contributed by atoms with Gasteiger partial charge in [-0.15, -0.1) is 0 Å². The van der Waals surface area contributed by atoms with E-state index in [1.54, 1.807) is 34.8 Å². The Balaban J connectivity index is 1.65.